The van der Waals surface area contributed by atoms with Crippen LogP contribution in [0, 0.1) is 5.82 Å². The van der Waals surface area contributed by atoms with E-state index in [2.05, 4.69) is 0 Å². The Morgan fingerprint density at radius 3 is 2.81 bits per heavy atom. The Morgan fingerprint density at radius 1 is 1.38 bits per heavy atom. The number of ketones is 1. The van der Waals surface area contributed by atoms with Crippen LogP contribution in [-0.2, 0) is 11.2 Å². The van der Waals surface area contributed by atoms with Crippen LogP contribution in [0.3, 0.4) is 0 Å². The van der Waals surface area contributed by atoms with Gasteiger partial charge in [0.1, 0.15) is 5.82 Å². The highest BCUT2D eigenvalue weighted by Gasteiger charge is 2.24. The number of carboxylic acids is 1. The summed E-state index contributed by atoms with van der Waals surface area (Å²) < 4.78 is 13.3. The Balaban J connectivity index is 2.48. The lowest BCUT2D eigenvalue weighted by Gasteiger charge is -2.17. The SMILES string of the molecule is O=C(O)C=C1CCc2c(F)cccc2C1=O. The molecule has 1 aliphatic rings. The van der Waals surface area contributed by atoms with Crippen LogP contribution in [0.1, 0.15) is 22.3 Å². The van der Waals surface area contributed by atoms with Gasteiger partial charge in [-0.1, -0.05) is 12.1 Å². The fourth-order valence-corrected chi connectivity index (χ4v) is 1.86. The molecule has 0 spiro atoms. The zero-order valence-electron chi connectivity index (χ0n) is 8.37. The van der Waals surface area contributed by atoms with Crippen molar-refractivity contribution < 1.29 is 19.1 Å². The number of Topliss-reactive ketones (excluding diaryl/α,β-unsaturated/α-hetero) is 1. The number of carbonyl (C=O) groups is 2. The molecular weight excluding hydrogens is 211 g/mol. The quantitative estimate of drug-likeness (QED) is 0.736. The van der Waals surface area contributed by atoms with E-state index in [-0.39, 0.29) is 23.3 Å². The maximum absolute atomic E-state index is 13.3. The molecule has 3 nitrogen and oxygen atoms in total. The van der Waals surface area contributed by atoms with Crippen LogP contribution in [0.15, 0.2) is 29.8 Å². The van der Waals surface area contributed by atoms with Gasteiger partial charge in [0.2, 0.25) is 0 Å². The highest BCUT2D eigenvalue weighted by Crippen LogP contribution is 2.26. The number of aliphatic carboxylic acids is 1. The van der Waals surface area contributed by atoms with E-state index in [0.717, 1.165) is 6.08 Å². The number of halogens is 1. The number of carbonyl (C=O) groups excluding carboxylic acids is 1. The van der Waals surface area contributed by atoms with Gasteiger partial charge in [0, 0.05) is 17.2 Å². The molecule has 0 amide bonds. The Morgan fingerprint density at radius 2 is 2.12 bits per heavy atom. The van der Waals surface area contributed by atoms with Crippen molar-refractivity contribution in [2.75, 3.05) is 0 Å². The highest BCUT2D eigenvalue weighted by molar-refractivity contribution is 6.12. The van der Waals surface area contributed by atoms with E-state index in [9.17, 15) is 14.0 Å². The monoisotopic (exact) mass is 220 g/mol. The van der Waals surface area contributed by atoms with E-state index in [1.165, 1.54) is 18.2 Å². The zero-order valence-corrected chi connectivity index (χ0v) is 8.37. The van der Waals surface area contributed by atoms with Crippen molar-refractivity contribution in [3.8, 4) is 0 Å². The molecule has 0 saturated heterocycles. The number of fused-ring (bicyclic) bond motifs is 1. The standard InChI is InChI=1S/C12H9FO3/c13-10-3-1-2-9-8(10)5-4-7(12(9)16)6-11(14)15/h1-3,6H,4-5H2,(H,14,15). The summed E-state index contributed by atoms with van der Waals surface area (Å²) in [6.07, 6.45) is 1.54. The van der Waals surface area contributed by atoms with Gasteiger partial charge in [-0.05, 0) is 24.5 Å². The van der Waals surface area contributed by atoms with Crippen molar-refractivity contribution in [3.63, 3.8) is 0 Å². The Kier molecular flexibility index (Phi) is 2.56. The van der Waals surface area contributed by atoms with Crippen molar-refractivity contribution in [1.29, 1.82) is 0 Å². The number of carboxylic acid groups (broad SMARTS) is 1. The molecule has 1 aromatic carbocycles. The van der Waals surface area contributed by atoms with E-state index in [4.69, 9.17) is 5.11 Å². The molecule has 82 valence electrons. The molecule has 16 heavy (non-hydrogen) atoms. The Bertz CT molecular complexity index is 503. The molecule has 1 N–H and O–H groups in total. The molecule has 0 fully saturated rings. The molecule has 0 unspecified atom stereocenters. The van der Waals surface area contributed by atoms with Crippen LogP contribution < -0.4 is 0 Å². The van der Waals surface area contributed by atoms with Crippen LogP contribution in [0.2, 0.25) is 0 Å². The second-order valence-corrected chi connectivity index (χ2v) is 3.60. The normalized spacial score (nSPS) is 17.3. The minimum absolute atomic E-state index is 0.227. The van der Waals surface area contributed by atoms with Gasteiger partial charge in [-0.15, -0.1) is 0 Å². The third kappa shape index (κ3) is 1.74. The second kappa shape index (κ2) is 3.89. The van der Waals surface area contributed by atoms with Crippen molar-refractivity contribution in [3.05, 3.63) is 46.8 Å². The van der Waals surface area contributed by atoms with Gasteiger partial charge in [-0.25, -0.2) is 9.18 Å². The van der Waals surface area contributed by atoms with Gasteiger partial charge in [-0.3, -0.25) is 4.79 Å². The summed E-state index contributed by atoms with van der Waals surface area (Å²) in [6.45, 7) is 0. The van der Waals surface area contributed by atoms with Crippen LogP contribution in [0.4, 0.5) is 4.39 Å². The summed E-state index contributed by atoms with van der Waals surface area (Å²) in [5, 5.41) is 8.58. The highest BCUT2D eigenvalue weighted by atomic mass is 19.1. The minimum Gasteiger partial charge on any atom is -0.478 e. The van der Waals surface area contributed by atoms with E-state index < -0.39 is 11.8 Å². The van der Waals surface area contributed by atoms with Gasteiger partial charge in [0.25, 0.3) is 0 Å². The van der Waals surface area contributed by atoms with Gasteiger partial charge in [0.05, 0.1) is 0 Å². The van der Waals surface area contributed by atoms with Crippen LogP contribution in [0.25, 0.3) is 0 Å². The first-order valence-corrected chi connectivity index (χ1v) is 4.85. The number of hydrogen-bond donors (Lipinski definition) is 1. The first-order valence-electron chi connectivity index (χ1n) is 4.85. The van der Waals surface area contributed by atoms with Crippen molar-refractivity contribution >= 4 is 11.8 Å². The average molecular weight is 220 g/mol. The number of allylic oxidation sites excluding steroid dienone is 1. The summed E-state index contributed by atoms with van der Waals surface area (Å²) in [7, 11) is 0. The molecule has 0 aromatic heterocycles. The van der Waals surface area contributed by atoms with E-state index in [0.29, 0.717) is 12.0 Å². The van der Waals surface area contributed by atoms with Crippen LogP contribution in [-0.4, -0.2) is 16.9 Å². The predicted octanol–water partition coefficient (Wildman–Crippen LogP) is 1.97. The van der Waals surface area contributed by atoms with Gasteiger partial charge >= 0.3 is 5.97 Å². The van der Waals surface area contributed by atoms with Gasteiger partial charge in [0.15, 0.2) is 5.78 Å². The number of rotatable bonds is 1. The summed E-state index contributed by atoms with van der Waals surface area (Å²) in [5.41, 5.74) is 0.888. The summed E-state index contributed by atoms with van der Waals surface area (Å²) in [6, 6.07) is 4.28. The molecule has 0 radical (unpaired) electrons. The number of benzene rings is 1. The predicted molar refractivity (Wildman–Crippen MR) is 54.8 cm³/mol. The third-order valence-electron chi connectivity index (χ3n) is 2.60. The maximum atomic E-state index is 13.3. The zero-order chi connectivity index (χ0) is 11.7. The minimum atomic E-state index is -1.15. The molecule has 2 rings (SSSR count). The Labute approximate surface area is 91.2 Å². The second-order valence-electron chi connectivity index (χ2n) is 3.60. The summed E-state index contributed by atoms with van der Waals surface area (Å²) in [4.78, 5) is 22.3. The lowest BCUT2D eigenvalue weighted by atomic mass is 9.86. The molecule has 0 bridgehead atoms. The average Bonchev–Trinajstić information content (AvgIpc) is 2.23. The van der Waals surface area contributed by atoms with Crippen molar-refractivity contribution in [2.45, 2.75) is 12.8 Å². The van der Waals surface area contributed by atoms with Gasteiger partial charge < -0.3 is 5.11 Å². The van der Waals surface area contributed by atoms with Gasteiger partial charge in [-0.2, -0.15) is 0 Å². The number of hydrogen-bond acceptors (Lipinski definition) is 2. The topological polar surface area (TPSA) is 54.4 Å². The van der Waals surface area contributed by atoms with Crippen LogP contribution in [0.5, 0.6) is 0 Å². The smallest absolute Gasteiger partial charge is 0.328 e. The third-order valence-corrected chi connectivity index (χ3v) is 2.60. The first-order chi connectivity index (χ1) is 7.59. The van der Waals surface area contributed by atoms with E-state index in [1.807, 2.05) is 0 Å². The first kappa shape index (κ1) is 10.5. The molecule has 1 aromatic rings. The van der Waals surface area contributed by atoms with Crippen LogP contribution >= 0.6 is 0 Å². The molecule has 0 atom stereocenters. The molecule has 1 aliphatic carbocycles. The molecule has 0 aliphatic heterocycles. The molecule has 4 heteroatoms. The fraction of sp³-hybridized carbons (Fsp3) is 0.167. The lowest BCUT2D eigenvalue weighted by Crippen LogP contribution is -2.16. The molecular formula is C12H9FO3. The Hall–Kier alpha value is -1.97. The maximum Gasteiger partial charge on any atom is 0.328 e. The summed E-state index contributed by atoms with van der Waals surface area (Å²) in [5.74, 6) is -1.94. The lowest BCUT2D eigenvalue weighted by molar-refractivity contribution is -0.131. The fourth-order valence-electron chi connectivity index (χ4n) is 1.86. The van der Waals surface area contributed by atoms with Crippen molar-refractivity contribution in [2.24, 2.45) is 0 Å². The largest absolute Gasteiger partial charge is 0.478 e. The van der Waals surface area contributed by atoms with E-state index in [1.54, 1.807) is 0 Å². The molecule has 0 heterocycles. The summed E-state index contributed by atoms with van der Waals surface area (Å²) >= 11 is 0. The molecule has 0 saturated carbocycles. The van der Waals surface area contributed by atoms with E-state index >= 15 is 0 Å². The van der Waals surface area contributed by atoms with Crippen molar-refractivity contribution in [1.82, 2.24) is 0 Å².